The number of methoxy groups -OCH3 is 1. The van der Waals surface area contributed by atoms with Crippen molar-refractivity contribution in [2.75, 3.05) is 39.8 Å². The Morgan fingerprint density at radius 1 is 1.35 bits per heavy atom. The van der Waals surface area contributed by atoms with Crippen molar-refractivity contribution >= 4 is 12.1 Å². The van der Waals surface area contributed by atoms with Gasteiger partial charge in [-0.05, 0) is 18.9 Å². The van der Waals surface area contributed by atoms with Crippen molar-refractivity contribution in [3.8, 4) is 5.75 Å². The van der Waals surface area contributed by atoms with Crippen LogP contribution in [-0.2, 0) is 5.41 Å². The van der Waals surface area contributed by atoms with Gasteiger partial charge in [-0.2, -0.15) is 0 Å². The van der Waals surface area contributed by atoms with E-state index in [0.29, 0.717) is 32.7 Å². The molecule has 1 aliphatic carbocycles. The Balaban J connectivity index is 1.40. The first-order valence-electron chi connectivity index (χ1n) is 9.34. The van der Waals surface area contributed by atoms with Crippen LogP contribution in [0.1, 0.15) is 24.8 Å². The third-order valence-electron chi connectivity index (χ3n) is 6.09. The number of urea groups is 2. The maximum atomic E-state index is 12.7. The van der Waals surface area contributed by atoms with Gasteiger partial charge in [0.05, 0.1) is 13.2 Å². The molecule has 0 bridgehead atoms. The van der Waals surface area contributed by atoms with E-state index in [0.717, 1.165) is 18.6 Å². The quantitative estimate of drug-likeness (QED) is 0.857. The molecule has 2 aliphatic heterocycles. The second-order valence-electron chi connectivity index (χ2n) is 7.47. The van der Waals surface area contributed by atoms with E-state index in [1.165, 1.54) is 12.0 Å². The highest BCUT2D eigenvalue weighted by molar-refractivity contribution is 5.79. The summed E-state index contributed by atoms with van der Waals surface area (Å²) >= 11 is 0. The predicted octanol–water partition coefficient (Wildman–Crippen LogP) is 1.54. The number of para-hydroxylation sites is 1. The Morgan fingerprint density at radius 2 is 2.15 bits per heavy atom. The van der Waals surface area contributed by atoms with Crippen LogP contribution in [0.3, 0.4) is 0 Å². The van der Waals surface area contributed by atoms with Crippen molar-refractivity contribution in [2.24, 2.45) is 0 Å². The summed E-state index contributed by atoms with van der Waals surface area (Å²) in [4.78, 5) is 28.0. The molecule has 2 N–H and O–H groups in total. The number of hydrogen-bond acceptors (Lipinski definition) is 3. The number of ether oxygens (including phenoxy) is 1. The summed E-state index contributed by atoms with van der Waals surface area (Å²) in [5, 5.41) is 5.99. The van der Waals surface area contributed by atoms with Gasteiger partial charge in [-0.25, -0.2) is 9.59 Å². The molecule has 2 heterocycles. The monoisotopic (exact) mass is 358 g/mol. The third kappa shape index (κ3) is 2.85. The fourth-order valence-electron chi connectivity index (χ4n) is 4.37. The average molecular weight is 358 g/mol. The van der Waals surface area contributed by atoms with Crippen LogP contribution in [0, 0.1) is 0 Å². The molecule has 140 valence electrons. The molecule has 0 radical (unpaired) electrons. The van der Waals surface area contributed by atoms with Crippen molar-refractivity contribution < 1.29 is 14.3 Å². The predicted molar refractivity (Wildman–Crippen MR) is 97.4 cm³/mol. The maximum Gasteiger partial charge on any atom is 0.317 e. The lowest BCUT2D eigenvalue weighted by atomic mass is 9.64. The molecule has 0 spiro atoms. The molecular weight excluding hydrogens is 332 g/mol. The Bertz CT molecular complexity index is 704. The van der Waals surface area contributed by atoms with Crippen LogP contribution >= 0.6 is 0 Å². The van der Waals surface area contributed by atoms with Gasteiger partial charge in [0.25, 0.3) is 0 Å². The number of carbonyl (C=O) groups excluding carboxylic acids is 2. The van der Waals surface area contributed by atoms with Crippen LogP contribution in [-0.4, -0.2) is 67.7 Å². The molecule has 1 atom stereocenters. The molecule has 4 amide bonds. The summed E-state index contributed by atoms with van der Waals surface area (Å²) in [5.41, 5.74) is 1.15. The SMILES string of the molecule is COc1ccccc1C1(CNC(=O)N2CCN3C(=O)NCC3C2)CCC1. The van der Waals surface area contributed by atoms with E-state index in [4.69, 9.17) is 4.74 Å². The Kier molecular flexibility index (Phi) is 4.38. The van der Waals surface area contributed by atoms with Gasteiger partial charge in [0.1, 0.15) is 5.75 Å². The molecule has 7 nitrogen and oxygen atoms in total. The molecule has 7 heteroatoms. The molecule has 1 saturated carbocycles. The van der Waals surface area contributed by atoms with E-state index >= 15 is 0 Å². The molecule has 3 fully saturated rings. The molecule has 1 aromatic carbocycles. The lowest BCUT2D eigenvalue weighted by Crippen LogP contribution is -2.57. The number of hydrogen-bond donors (Lipinski definition) is 2. The van der Waals surface area contributed by atoms with Crippen molar-refractivity contribution in [2.45, 2.75) is 30.7 Å². The average Bonchev–Trinajstić information content (AvgIpc) is 3.01. The number of nitrogens with one attached hydrogen (secondary N) is 2. The minimum Gasteiger partial charge on any atom is -0.496 e. The highest BCUT2D eigenvalue weighted by atomic mass is 16.5. The fraction of sp³-hybridized carbons (Fsp3) is 0.579. The van der Waals surface area contributed by atoms with Crippen molar-refractivity contribution in [3.63, 3.8) is 0 Å². The fourth-order valence-corrected chi connectivity index (χ4v) is 4.37. The van der Waals surface area contributed by atoms with E-state index in [-0.39, 0.29) is 23.5 Å². The number of carbonyl (C=O) groups is 2. The zero-order valence-corrected chi connectivity index (χ0v) is 15.2. The number of fused-ring (bicyclic) bond motifs is 1. The number of rotatable bonds is 4. The Labute approximate surface area is 153 Å². The number of benzene rings is 1. The van der Waals surface area contributed by atoms with Gasteiger partial charge in [0.2, 0.25) is 0 Å². The number of nitrogens with zero attached hydrogens (tertiary/aromatic N) is 2. The number of piperazine rings is 1. The molecule has 2 saturated heterocycles. The second-order valence-corrected chi connectivity index (χ2v) is 7.47. The second kappa shape index (κ2) is 6.70. The van der Waals surface area contributed by atoms with E-state index in [1.54, 1.807) is 7.11 Å². The minimum atomic E-state index is -0.0369. The van der Waals surface area contributed by atoms with E-state index in [1.807, 2.05) is 28.0 Å². The van der Waals surface area contributed by atoms with E-state index in [2.05, 4.69) is 16.7 Å². The van der Waals surface area contributed by atoms with Crippen LogP contribution < -0.4 is 15.4 Å². The van der Waals surface area contributed by atoms with Gasteiger partial charge in [-0.15, -0.1) is 0 Å². The molecule has 1 unspecified atom stereocenters. The maximum absolute atomic E-state index is 12.7. The van der Waals surface area contributed by atoms with Crippen LogP contribution in [0.5, 0.6) is 5.75 Å². The highest BCUT2D eigenvalue weighted by Crippen LogP contribution is 2.46. The third-order valence-corrected chi connectivity index (χ3v) is 6.09. The molecule has 1 aromatic rings. The van der Waals surface area contributed by atoms with Gasteiger partial charge in [-0.1, -0.05) is 24.6 Å². The van der Waals surface area contributed by atoms with Gasteiger partial charge < -0.3 is 25.2 Å². The number of amides is 4. The molecule has 26 heavy (non-hydrogen) atoms. The van der Waals surface area contributed by atoms with Crippen molar-refractivity contribution in [1.82, 2.24) is 20.4 Å². The van der Waals surface area contributed by atoms with Gasteiger partial charge in [0.15, 0.2) is 0 Å². The summed E-state index contributed by atoms with van der Waals surface area (Å²) in [7, 11) is 1.69. The van der Waals surface area contributed by atoms with E-state index < -0.39 is 0 Å². The zero-order chi connectivity index (χ0) is 18.1. The Hall–Kier alpha value is -2.44. The molecule has 0 aromatic heterocycles. The summed E-state index contributed by atoms with van der Waals surface area (Å²) in [6.07, 6.45) is 3.29. The molecule has 3 aliphatic rings. The van der Waals surface area contributed by atoms with Crippen LogP contribution in [0.2, 0.25) is 0 Å². The summed E-state index contributed by atoms with van der Waals surface area (Å²) < 4.78 is 5.54. The van der Waals surface area contributed by atoms with Crippen molar-refractivity contribution in [3.05, 3.63) is 29.8 Å². The smallest absolute Gasteiger partial charge is 0.317 e. The van der Waals surface area contributed by atoms with Gasteiger partial charge in [-0.3, -0.25) is 0 Å². The highest BCUT2D eigenvalue weighted by Gasteiger charge is 2.42. The molecular formula is C19H26N4O3. The van der Waals surface area contributed by atoms with Gasteiger partial charge in [0, 0.05) is 43.7 Å². The first-order valence-corrected chi connectivity index (χ1v) is 9.34. The first kappa shape index (κ1) is 17.0. The Morgan fingerprint density at radius 3 is 2.88 bits per heavy atom. The first-order chi connectivity index (χ1) is 12.6. The normalized spacial score (nSPS) is 23.7. The topological polar surface area (TPSA) is 73.9 Å². The summed E-state index contributed by atoms with van der Waals surface area (Å²) in [5.74, 6) is 0.894. The van der Waals surface area contributed by atoms with Crippen LogP contribution in [0.25, 0.3) is 0 Å². The summed E-state index contributed by atoms with van der Waals surface area (Å²) in [6.45, 7) is 3.01. The standard InChI is InChI=1S/C19H26N4O3/c1-26-16-6-3-2-5-15(16)19(7-4-8-19)13-21-17(24)22-9-10-23-14(12-22)11-20-18(23)25/h2-3,5-6,14H,4,7-13H2,1H3,(H,20,25)(H,21,24). The van der Waals surface area contributed by atoms with Gasteiger partial charge >= 0.3 is 12.1 Å². The zero-order valence-electron chi connectivity index (χ0n) is 15.2. The van der Waals surface area contributed by atoms with Crippen molar-refractivity contribution in [1.29, 1.82) is 0 Å². The largest absolute Gasteiger partial charge is 0.496 e. The minimum absolute atomic E-state index is 0.0142. The van der Waals surface area contributed by atoms with Crippen LogP contribution in [0.15, 0.2) is 24.3 Å². The summed E-state index contributed by atoms with van der Waals surface area (Å²) in [6, 6.07) is 8.14. The van der Waals surface area contributed by atoms with E-state index in [9.17, 15) is 9.59 Å². The molecule has 4 rings (SSSR count). The van der Waals surface area contributed by atoms with Crippen LogP contribution in [0.4, 0.5) is 9.59 Å². The lowest BCUT2D eigenvalue weighted by Gasteiger charge is -2.44. The lowest BCUT2D eigenvalue weighted by molar-refractivity contribution is 0.126.